The van der Waals surface area contributed by atoms with Crippen LogP contribution in [0.15, 0.2) is 54.6 Å². The molecular formula is C22H24F2N2O4. The molecule has 8 heteroatoms. The van der Waals surface area contributed by atoms with Gasteiger partial charge in [-0.3, -0.25) is 4.79 Å². The van der Waals surface area contributed by atoms with E-state index < -0.39 is 12.6 Å². The summed E-state index contributed by atoms with van der Waals surface area (Å²) in [6, 6.07) is 13.6. The number of likely N-dealkylation sites (N-methyl/N-ethyl adjacent to an activating group) is 1. The van der Waals surface area contributed by atoms with E-state index in [0.29, 0.717) is 12.1 Å². The lowest BCUT2D eigenvalue weighted by Gasteiger charge is -2.18. The van der Waals surface area contributed by atoms with Gasteiger partial charge in [0, 0.05) is 39.5 Å². The van der Waals surface area contributed by atoms with Crippen LogP contribution >= 0.6 is 0 Å². The monoisotopic (exact) mass is 418 g/mol. The summed E-state index contributed by atoms with van der Waals surface area (Å²) in [6.45, 7) is -2.88. The summed E-state index contributed by atoms with van der Waals surface area (Å²) in [5, 5.41) is 0. The first-order valence-corrected chi connectivity index (χ1v) is 9.14. The average Bonchev–Trinajstić information content (AvgIpc) is 2.71. The van der Waals surface area contributed by atoms with Crippen molar-refractivity contribution >= 4 is 23.6 Å². The lowest BCUT2D eigenvalue weighted by molar-refractivity contribution is -0.147. The molecule has 160 valence electrons. The number of amides is 1. The standard InChI is InChI=1S/C22H24F2N2O4/c1-25(2)18-9-4-17(5-10-18)14-26(3)20(27)15-29-21(28)13-8-16-6-11-19(12-7-16)30-22(23)24/h4-13,22H,14-15H2,1-3H3/b13-8+. The highest BCUT2D eigenvalue weighted by Gasteiger charge is 2.11. The normalized spacial score (nSPS) is 10.9. The summed E-state index contributed by atoms with van der Waals surface area (Å²) < 4.78 is 33.4. The highest BCUT2D eigenvalue weighted by atomic mass is 19.3. The molecule has 0 N–H and O–H groups in total. The Bertz CT molecular complexity index is 866. The second-order valence-electron chi connectivity index (χ2n) is 6.70. The maximum atomic E-state index is 12.2. The van der Waals surface area contributed by atoms with Crippen molar-refractivity contribution in [3.63, 3.8) is 0 Å². The number of ether oxygens (including phenoxy) is 2. The van der Waals surface area contributed by atoms with Gasteiger partial charge in [-0.1, -0.05) is 24.3 Å². The topological polar surface area (TPSA) is 59.1 Å². The van der Waals surface area contributed by atoms with Gasteiger partial charge in [-0.05, 0) is 41.5 Å². The number of benzene rings is 2. The van der Waals surface area contributed by atoms with E-state index in [4.69, 9.17) is 4.74 Å². The number of carbonyl (C=O) groups excluding carboxylic acids is 2. The fourth-order valence-electron chi connectivity index (χ4n) is 2.48. The molecule has 2 aromatic rings. The number of esters is 1. The summed E-state index contributed by atoms with van der Waals surface area (Å²) in [4.78, 5) is 27.4. The molecule has 0 unspecified atom stereocenters. The Balaban J connectivity index is 1.78. The van der Waals surface area contributed by atoms with Crippen LogP contribution < -0.4 is 9.64 Å². The molecule has 2 aromatic carbocycles. The van der Waals surface area contributed by atoms with Crippen molar-refractivity contribution in [2.24, 2.45) is 0 Å². The van der Waals surface area contributed by atoms with Crippen molar-refractivity contribution in [2.75, 3.05) is 32.6 Å². The third-order valence-electron chi connectivity index (χ3n) is 4.15. The van der Waals surface area contributed by atoms with E-state index in [-0.39, 0.29) is 18.3 Å². The highest BCUT2D eigenvalue weighted by Crippen LogP contribution is 2.16. The molecule has 0 radical (unpaired) electrons. The summed E-state index contributed by atoms with van der Waals surface area (Å²) >= 11 is 0. The van der Waals surface area contributed by atoms with Gasteiger partial charge in [0.25, 0.3) is 5.91 Å². The molecule has 0 fully saturated rings. The van der Waals surface area contributed by atoms with Crippen LogP contribution in [0.4, 0.5) is 14.5 Å². The number of nitrogens with zero attached hydrogens (tertiary/aromatic N) is 2. The number of rotatable bonds is 9. The van der Waals surface area contributed by atoms with E-state index in [9.17, 15) is 18.4 Å². The maximum Gasteiger partial charge on any atom is 0.387 e. The first kappa shape index (κ1) is 22.9. The van der Waals surface area contributed by atoms with Gasteiger partial charge in [0.15, 0.2) is 6.61 Å². The van der Waals surface area contributed by atoms with E-state index in [1.807, 2.05) is 43.3 Å². The van der Waals surface area contributed by atoms with Gasteiger partial charge >= 0.3 is 12.6 Å². The Morgan fingerprint density at radius 3 is 2.20 bits per heavy atom. The van der Waals surface area contributed by atoms with Crippen LogP contribution in [0.2, 0.25) is 0 Å². The van der Waals surface area contributed by atoms with E-state index in [0.717, 1.165) is 17.3 Å². The van der Waals surface area contributed by atoms with Crippen LogP contribution in [0.1, 0.15) is 11.1 Å². The molecule has 0 saturated carbocycles. The van der Waals surface area contributed by atoms with Crippen molar-refractivity contribution in [1.82, 2.24) is 4.90 Å². The zero-order chi connectivity index (χ0) is 22.1. The molecule has 6 nitrogen and oxygen atoms in total. The average molecular weight is 418 g/mol. The molecule has 0 atom stereocenters. The van der Waals surface area contributed by atoms with Crippen molar-refractivity contribution in [1.29, 1.82) is 0 Å². The molecule has 30 heavy (non-hydrogen) atoms. The number of carbonyl (C=O) groups is 2. The van der Waals surface area contributed by atoms with Crippen LogP contribution in [-0.4, -0.2) is 51.1 Å². The van der Waals surface area contributed by atoms with Gasteiger partial charge in [-0.2, -0.15) is 8.78 Å². The molecule has 0 aliphatic heterocycles. The molecule has 1 amide bonds. The molecule has 0 saturated heterocycles. The summed E-state index contributed by atoms with van der Waals surface area (Å²) in [7, 11) is 5.53. The van der Waals surface area contributed by atoms with Crippen molar-refractivity contribution in [3.8, 4) is 5.75 Å². The third kappa shape index (κ3) is 7.54. The molecule has 0 spiro atoms. The highest BCUT2D eigenvalue weighted by molar-refractivity contribution is 5.89. The van der Waals surface area contributed by atoms with Crippen LogP contribution in [0.3, 0.4) is 0 Å². The van der Waals surface area contributed by atoms with Crippen molar-refractivity contribution in [3.05, 3.63) is 65.7 Å². The Morgan fingerprint density at radius 1 is 1.00 bits per heavy atom. The Hall–Kier alpha value is -3.42. The predicted octanol–water partition coefficient (Wildman–Crippen LogP) is 3.57. The van der Waals surface area contributed by atoms with Crippen molar-refractivity contribution < 1.29 is 27.8 Å². The fourth-order valence-corrected chi connectivity index (χ4v) is 2.48. The minimum atomic E-state index is -2.89. The van der Waals surface area contributed by atoms with Crippen LogP contribution in [0.25, 0.3) is 6.08 Å². The minimum Gasteiger partial charge on any atom is -0.452 e. The summed E-state index contributed by atoms with van der Waals surface area (Å²) in [6.07, 6.45) is 2.62. The Morgan fingerprint density at radius 2 is 1.63 bits per heavy atom. The Kier molecular flexibility index (Phi) is 8.34. The Labute approximate surface area is 174 Å². The van der Waals surface area contributed by atoms with E-state index in [2.05, 4.69) is 4.74 Å². The van der Waals surface area contributed by atoms with Crippen LogP contribution in [-0.2, 0) is 20.9 Å². The van der Waals surface area contributed by atoms with Gasteiger partial charge in [0.05, 0.1) is 0 Å². The smallest absolute Gasteiger partial charge is 0.387 e. The summed E-state index contributed by atoms with van der Waals surface area (Å²) in [5.74, 6) is -0.989. The van der Waals surface area contributed by atoms with Gasteiger partial charge < -0.3 is 19.3 Å². The SMILES string of the molecule is CN(Cc1ccc(N(C)C)cc1)C(=O)COC(=O)/C=C/c1ccc(OC(F)F)cc1. The lowest BCUT2D eigenvalue weighted by atomic mass is 10.2. The molecule has 0 aliphatic carbocycles. The summed E-state index contributed by atoms with van der Waals surface area (Å²) in [5.41, 5.74) is 2.62. The number of halogens is 2. The number of hydrogen-bond donors (Lipinski definition) is 0. The molecule has 0 bridgehead atoms. The van der Waals surface area contributed by atoms with Gasteiger partial charge in [-0.15, -0.1) is 0 Å². The zero-order valence-electron chi connectivity index (χ0n) is 17.0. The quantitative estimate of drug-likeness (QED) is 0.460. The number of anilines is 1. The van der Waals surface area contributed by atoms with Crippen LogP contribution in [0, 0.1) is 0 Å². The zero-order valence-corrected chi connectivity index (χ0v) is 17.0. The van der Waals surface area contributed by atoms with Crippen LogP contribution in [0.5, 0.6) is 5.75 Å². The second-order valence-corrected chi connectivity index (χ2v) is 6.70. The van der Waals surface area contributed by atoms with E-state index in [1.165, 1.54) is 35.2 Å². The maximum absolute atomic E-state index is 12.2. The largest absolute Gasteiger partial charge is 0.452 e. The molecular weight excluding hydrogens is 394 g/mol. The first-order chi connectivity index (χ1) is 14.2. The van der Waals surface area contributed by atoms with Gasteiger partial charge in [0.1, 0.15) is 5.75 Å². The van der Waals surface area contributed by atoms with Crippen molar-refractivity contribution in [2.45, 2.75) is 13.2 Å². The molecule has 0 aromatic heterocycles. The molecule has 0 heterocycles. The lowest BCUT2D eigenvalue weighted by Crippen LogP contribution is -2.30. The second kappa shape index (κ2) is 10.9. The number of hydrogen-bond acceptors (Lipinski definition) is 5. The minimum absolute atomic E-state index is 0.0229. The van der Waals surface area contributed by atoms with Gasteiger partial charge in [0.2, 0.25) is 0 Å². The fraction of sp³-hybridized carbons (Fsp3) is 0.273. The molecule has 0 aliphatic rings. The third-order valence-corrected chi connectivity index (χ3v) is 4.15. The number of alkyl halides is 2. The van der Waals surface area contributed by atoms with Gasteiger partial charge in [-0.25, -0.2) is 4.79 Å². The first-order valence-electron chi connectivity index (χ1n) is 9.14. The van der Waals surface area contributed by atoms with E-state index in [1.54, 1.807) is 7.05 Å². The predicted molar refractivity (Wildman–Crippen MR) is 110 cm³/mol. The molecule has 2 rings (SSSR count). The van der Waals surface area contributed by atoms with E-state index >= 15 is 0 Å².